The van der Waals surface area contributed by atoms with E-state index in [0.29, 0.717) is 11.3 Å². The number of hydrogen-bond donors (Lipinski definition) is 2. The molecule has 0 aliphatic carbocycles. The molecule has 9 heteroatoms. The van der Waals surface area contributed by atoms with Crippen molar-refractivity contribution in [3.63, 3.8) is 0 Å². The van der Waals surface area contributed by atoms with Gasteiger partial charge in [0.2, 0.25) is 0 Å². The molecule has 0 radical (unpaired) electrons. The lowest BCUT2D eigenvalue weighted by molar-refractivity contribution is -0.136. The third kappa shape index (κ3) is 5.25. The van der Waals surface area contributed by atoms with Gasteiger partial charge in [-0.05, 0) is 25.1 Å². The van der Waals surface area contributed by atoms with E-state index in [2.05, 4.69) is 0 Å². The Balaban J connectivity index is 1.54. The summed E-state index contributed by atoms with van der Waals surface area (Å²) in [6.07, 6.45) is 0. The zero-order chi connectivity index (χ0) is 24.9. The lowest BCUT2D eigenvalue weighted by Crippen LogP contribution is -2.19. The maximum Gasteiger partial charge on any atom is 0.349 e. The second kappa shape index (κ2) is 10.0. The van der Waals surface area contributed by atoms with Gasteiger partial charge in [0.25, 0.3) is 0 Å². The molecule has 9 nitrogen and oxygen atoms in total. The monoisotopic (exact) mass is 476 g/mol. The minimum Gasteiger partial charge on any atom is -0.508 e. The van der Waals surface area contributed by atoms with Crippen LogP contribution in [0.4, 0.5) is 0 Å². The first-order chi connectivity index (χ1) is 16.9. The molecular weight excluding hydrogens is 456 g/mol. The summed E-state index contributed by atoms with van der Waals surface area (Å²) in [5.41, 5.74) is 0.182. The number of phenols is 2. The van der Waals surface area contributed by atoms with Crippen LogP contribution in [0.25, 0.3) is 22.3 Å². The van der Waals surface area contributed by atoms with Crippen LogP contribution in [0.5, 0.6) is 23.0 Å². The highest BCUT2D eigenvalue weighted by Crippen LogP contribution is 2.31. The van der Waals surface area contributed by atoms with Gasteiger partial charge in [0.05, 0.1) is 6.61 Å². The molecule has 1 heterocycles. The van der Waals surface area contributed by atoms with Gasteiger partial charge in [-0.2, -0.15) is 0 Å². The smallest absolute Gasteiger partial charge is 0.349 e. The molecule has 3 aromatic carbocycles. The Kier molecular flexibility index (Phi) is 6.68. The van der Waals surface area contributed by atoms with E-state index in [1.807, 2.05) is 6.07 Å². The van der Waals surface area contributed by atoms with Crippen molar-refractivity contribution in [3.05, 3.63) is 82.5 Å². The molecule has 0 saturated heterocycles. The Morgan fingerprint density at radius 2 is 1.74 bits per heavy atom. The highest BCUT2D eigenvalue weighted by Gasteiger charge is 2.19. The fraction of sp³-hybridized carbons (Fsp3) is 0.115. The van der Waals surface area contributed by atoms with Gasteiger partial charge in [-0.25, -0.2) is 9.59 Å². The molecule has 35 heavy (non-hydrogen) atoms. The van der Waals surface area contributed by atoms with Gasteiger partial charge in [-0.1, -0.05) is 30.3 Å². The van der Waals surface area contributed by atoms with E-state index in [9.17, 15) is 24.6 Å². The summed E-state index contributed by atoms with van der Waals surface area (Å²) in [6.45, 7) is 1.12. The van der Waals surface area contributed by atoms with E-state index in [4.69, 9.17) is 18.6 Å². The molecule has 178 valence electrons. The van der Waals surface area contributed by atoms with Gasteiger partial charge in [-0.15, -0.1) is 0 Å². The number of carbonyl (C=O) groups is 2. The quantitative estimate of drug-likeness (QED) is 0.300. The van der Waals surface area contributed by atoms with Crippen molar-refractivity contribution in [2.24, 2.45) is 0 Å². The molecule has 0 aliphatic heterocycles. The van der Waals surface area contributed by atoms with Crippen molar-refractivity contribution in [2.45, 2.75) is 6.92 Å². The predicted octanol–water partition coefficient (Wildman–Crippen LogP) is 4.03. The van der Waals surface area contributed by atoms with Crippen molar-refractivity contribution in [1.82, 2.24) is 0 Å². The summed E-state index contributed by atoms with van der Waals surface area (Å²) < 4.78 is 21.3. The number of hydrogen-bond acceptors (Lipinski definition) is 9. The first kappa shape index (κ1) is 23.4. The van der Waals surface area contributed by atoms with Crippen molar-refractivity contribution in [3.8, 4) is 34.3 Å². The number of rotatable bonds is 7. The molecule has 1 aromatic heterocycles. The van der Waals surface area contributed by atoms with Crippen molar-refractivity contribution >= 4 is 22.9 Å². The Morgan fingerprint density at radius 3 is 2.49 bits per heavy atom. The van der Waals surface area contributed by atoms with Gasteiger partial charge in [-0.3, -0.25) is 4.79 Å². The molecular formula is C26H20O9. The highest BCUT2D eigenvalue weighted by atomic mass is 16.6. The van der Waals surface area contributed by atoms with Gasteiger partial charge in [0, 0.05) is 23.8 Å². The van der Waals surface area contributed by atoms with Gasteiger partial charge in [0.1, 0.15) is 45.3 Å². The number of esters is 2. The Morgan fingerprint density at radius 1 is 0.971 bits per heavy atom. The first-order valence-corrected chi connectivity index (χ1v) is 10.6. The van der Waals surface area contributed by atoms with E-state index in [1.165, 1.54) is 30.3 Å². The van der Waals surface area contributed by atoms with Crippen LogP contribution in [0.1, 0.15) is 17.3 Å². The second-order valence-corrected chi connectivity index (χ2v) is 7.32. The van der Waals surface area contributed by atoms with Crippen molar-refractivity contribution in [2.75, 3.05) is 13.2 Å². The van der Waals surface area contributed by atoms with Crippen LogP contribution in [-0.4, -0.2) is 35.4 Å². The minimum atomic E-state index is -0.861. The number of phenolic OH excluding ortho intramolecular Hbond substituents is 2. The highest BCUT2D eigenvalue weighted by molar-refractivity contribution is 5.94. The normalized spacial score (nSPS) is 10.7. The van der Waals surface area contributed by atoms with Crippen LogP contribution in [0.15, 0.2) is 75.9 Å². The molecule has 0 aliphatic rings. The molecule has 0 saturated carbocycles. The third-order valence-electron chi connectivity index (χ3n) is 4.88. The van der Waals surface area contributed by atoms with E-state index in [0.717, 1.165) is 6.07 Å². The van der Waals surface area contributed by atoms with E-state index >= 15 is 0 Å². The number of carbonyl (C=O) groups excluding carboxylic acids is 2. The maximum atomic E-state index is 12.5. The molecule has 0 bridgehead atoms. The molecule has 0 unspecified atom stereocenters. The Labute approximate surface area is 198 Å². The maximum absolute atomic E-state index is 12.5. The average Bonchev–Trinajstić information content (AvgIpc) is 2.84. The molecule has 4 aromatic rings. The average molecular weight is 476 g/mol. The van der Waals surface area contributed by atoms with E-state index < -0.39 is 24.0 Å². The van der Waals surface area contributed by atoms with Gasteiger partial charge < -0.3 is 28.8 Å². The lowest BCUT2D eigenvalue weighted by Gasteiger charge is -2.11. The number of benzene rings is 3. The van der Waals surface area contributed by atoms with Crippen LogP contribution in [-0.2, 0) is 9.53 Å². The number of aromatic hydroxyl groups is 2. The fourth-order valence-electron chi connectivity index (χ4n) is 3.34. The SMILES string of the molecule is CCOC(=O)c1cc(O)ccc1OC(=O)COc1cc(O)c2c(=O)cc(-c3ccccc3)oc2c1. The number of fused-ring (bicyclic) bond motifs is 1. The minimum absolute atomic E-state index is 0.0252. The van der Waals surface area contributed by atoms with Crippen molar-refractivity contribution < 1.29 is 38.4 Å². The van der Waals surface area contributed by atoms with Crippen molar-refractivity contribution in [1.29, 1.82) is 0 Å². The topological polar surface area (TPSA) is 132 Å². The van der Waals surface area contributed by atoms with Crippen LogP contribution in [0.2, 0.25) is 0 Å². The van der Waals surface area contributed by atoms with Gasteiger partial charge >= 0.3 is 11.9 Å². The standard InChI is InChI=1S/C26H20O9/c1-2-32-26(31)18-10-16(27)8-9-21(18)35-24(30)14-33-17-11-19(28)25-20(29)13-22(34-23(25)12-17)15-6-4-3-5-7-15/h3-13,27-28H,2,14H2,1H3. The fourth-order valence-corrected chi connectivity index (χ4v) is 3.34. The third-order valence-corrected chi connectivity index (χ3v) is 4.88. The van der Waals surface area contributed by atoms with Crippen LogP contribution in [0, 0.1) is 0 Å². The molecule has 2 N–H and O–H groups in total. The first-order valence-electron chi connectivity index (χ1n) is 10.6. The summed E-state index contributed by atoms with van der Waals surface area (Å²) in [6, 6.07) is 16.4. The summed E-state index contributed by atoms with van der Waals surface area (Å²) in [5, 5.41) is 19.9. The van der Waals surface area contributed by atoms with Crippen LogP contribution in [0.3, 0.4) is 0 Å². The number of ether oxygens (including phenoxy) is 3. The summed E-state index contributed by atoms with van der Waals surface area (Å²) in [5.74, 6) is -1.96. The van der Waals surface area contributed by atoms with Crippen LogP contribution < -0.4 is 14.9 Å². The summed E-state index contributed by atoms with van der Waals surface area (Å²) in [4.78, 5) is 37.0. The second-order valence-electron chi connectivity index (χ2n) is 7.32. The molecule has 0 fully saturated rings. The molecule has 0 spiro atoms. The molecule has 0 amide bonds. The predicted molar refractivity (Wildman–Crippen MR) is 125 cm³/mol. The zero-order valence-corrected chi connectivity index (χ0v) is 18.5. The molecule has 4 rings (SSSR count). The van der Waals surface area contributed by atoms with E-state index in [-0.39, 0.29) is 46.1 Å². The Bertz CT molecular complexity index is 1460. The zero-order valence-electron chi connectivity index (χ0n) is 18.5. The largest absolute Gasteiger partial charge is 0.508 e. The lowest BCUT2D eigenvalue weighted by atomic mass is 10.1. The summed E-state index contributed by atoms with van der Waals surface area (Å²) in [7, 11) is 0. The van der Waals surface area contributed by atoms with Crippen LogP contribution >= 0.6 is 0 Å². The van der Waals surface area contributed by atoms with Gasteiger partial charge in [0.15, 0.2) is 12.0 Å². The molecule has 0 atom stereocenters. The Hall–Kier alpha value is -4.79. The summed E-state index contributed by atoms with van der Waals surface area (Å²) >= 11 is 0. The van der Waals surface area contributed by atoms with E-state index in [1.54, 1.807) is 31.2 Å².